The van der Waals surface area contributed by atoms with Gasteiger partial charge in [0.15, 0.2) is 11.6 Å². The van der Waals surface area contributed by atoms with Crippen molar-refractivity contribution in [2.45, 2.75) is 20.8 Å². The van der Waals surface area contributed by atoms with Gasteiger partial charge in [-0.2, -0.15) is 0 Å². The fourth-order valence-electron chi connectivity index (χ4n) is 1.60. The summed E-state index contributed by atoms with van der Waals surface area (Å²) in [7, 11) is 0. The van der Waals surface area contributed by atoms with Crippen LogP contribution in [0.25, 0.3) is 5.52 Å². The van der Waals surface area contributed by atoms with Crippen LogP contribution in [0.3, 0.4) is 0 Å². The van der Waals surface area contributed by atoms with Crippen molar-refractivity contribution in [1.29, 1.82) is 0 Å². The molecule has 2 aromatic heterocycles. The standard InChI is InChI=1S/C11H12N2O/c1-7-4-5-10-8(2)12-11(9(3)14)13(10)6-7/h4-6H,1-3H3. The molecule has 3 nitrogen and oxygen atoms in total. The van der Waals surface area contributed by atoms with E-state index in [1.165, 1.54) is 6.92 Å². The average molecular weight is 188 g/mol. The van der Waals surface area contributed by atoms with E-state index < -0.39 is 0 Å². The molecule has 0 atom stereocenters. The third-order valence-corrected chi connectivity index (χ3v) is 2.28. The highest BCUT2D eigenvalue weighted by molar-refractivity contribution is 5.92. The van der Waals surface area contributed by atoms with Crippen LogP contribution in [-0.2, 0) is 0 Å². The number of hydrogen-bond donors (Lipinski definition) is 0. The summed E-state index contributed by atoms with van der Waals surface area (Å²) < 4.78 is 1.85. The number of pyridine rings is 1. The van der Waals surface area contributed by atoms with Gasteiger partial charge in [-0.05, 0) is 25.5 Å². The highest BCUT2D eigenvalue weighted by Crippen LogP contribution is 2.13. The molecule has 0 saturated carbocycles. The number of hydrogen-bond acceptors (Lipinski definition) is 2. The van der Waals surface area contributed by atoms with Crippen LogP contribution in [-0.4, -0.2) is 15.2 Å². The summed E-state index contributed by atoms with van der Waals surface area (Å²) in [6.07, 6.45) is 1.94. The molecule has 0 aliphatic rings. The second kappa shape index (κ2) is 2.94. The Balaban J connectivity index is 2.85. The zero-order valence-corrected chi connectivity index (χ0v) is 8.53. The summed E-state index contributed by atoms with van der Waals surface area (Å²) in [6, 6.07) is 4.01. The number of carbonyl (C=O) groups is 1. The summed E-state index contributed by atoms with van der Waals surface area (Å²) >= 11 is 0. The third kappa shape index (κ3) is 1.21. The normalized spacial score (nSPS) is 10.8. The summed E-state index contributed by atoms with van der Waals surface area (Å²) in [6.45, 7) is 5.45. The second-order valence-corrected chi connectivity index (χ2v) is 3.54. The van der Waals surface area contributed by atoms with E-state index in [2.05, 4.69) is 4.98 Å². The van der Waals surface area contributed by atoms with E-state index in [0.717, 1.165) is 16.8 Å². The largest absolute Gasteiger partial charge is 0.297 e. The molecule has 0 spiro atoms. The number of fused-ring (bicyclic) bond motifs is 1. The Bertz CT molecular complexity index is 511. The van der Waals surface area contributed by atoms with E-state index in [4.69, 9.17) is 0 Å². The molecule has 0 radical (unpaired) electrons. The zero-order chi connectivity index (χ0) is 10.3. The van der Waals surface area contributed by atoms with E-state index >= 15 is 0 Å². The smallest absolute Gasteiger partial charge is 0.195 e. The van der Waals surface area contributed by atoms with Crippen molar-refractivity contribution in [3.8, 4) is 0 Å². The molecule has 0 bridgehead atoms. The predicted octanol–water partition coefficient (Wildman–Crippen LogP) is 2.15. The van der Waals surface area contributed by atoms with Gasteiger partial charge in [0.05, 0.1) is 11.2 Å². The van der Waals surface area contributed by atoms with E-state index in [0.29, 0.717) is 5.82 Å². The summed E-state index contributed by atoms with van der Waals surface area (Å²) in [5.74, 6) is 0.514. The van der Waals surface area contributed by atoms with Gasteiger partial charge in [-0.3, -0.25) is 9.20 Å². The Morgan fingerprint density at radius 3 is 2.71 bits per heavy atom. The third-order valence-electron chi connectivity index (χ3n) is 2.28. The number of imidazole rings is 1. The van der Waals surface area contributed by atoms with Gasteiger partial charge in [-0.15, -0.1) is 0 Å². The van der Waals surface area contributed by atoms with Crippen LogP contribution in [0, 0.1) is 13.8 Å². The second-order valence-electron chi connectivity index (χ2n) is 3.54. The number of carbonyl (C=O) groups excluding carboxylic acids is 1. The van der Waals surface area contributed by atoms with Crippen molar-refractivity contribution in [3.05, 3.63) is 35.4 Å². The minimum Gasteiger partial charge on any atom is -0.297 e. The molecule has 0 fully saturated rings. The molecule has 0 aromatic carbocycles. The molecule has 0 saturated heterocycles. The highest BCUT2D eigenvalue weighted by atomic mass is 16.1. The van der Waals surface area contributed by atoms with Crippen molar-refractivity contribution < 1.29 is 4.79 Å². The summed E-state index contributed by atoms with van der Waals surface area (Å²) in [5.41, 5.74) is 3.02. The molecule has 0 aliphatic carbocycles. The van der Waals surface area contributed by atoms with Crippen molar-refractivity contribution in [3.63, 3.8) is 0 Å². The Labute approximate surface area is 82.4 Å². The Hall–Kier alpha value is -1.64. The number of Topliss-reactive ketones (excluding diaryl/α,β-unsaturated/α-hetero) is 1. The van der Waals surface area contributed by atoms with Crippen LogP contribution in [0.4, 0.5) is 0 Å². The minimum absolute atomic E-state index is 0.00120. The van der Waals surface area contributed by atoms with Crippen LogP contribution in [0.2, 0.25) is 0 Å². The first-order valence-electron chi connectivity index (χ1n) is 4.56. The quantitative estimate of drug-likeness (QED) is 0.642. The molecule has 14 heavy (non-hydrogen) atoms. The van der Waals surface area contributed by atoms with Gasteiger partial charge in [-0.1, -0.05) is 6.07 Å². The van der Waals surface area contributed by atoms with Crippen molar-refractivity contribution in [2.75, 3.05) is 0 Å². The zero-order valence-electron chi connectivity index (χ0n) is 8.53. The average Bonchev–Trinajstić information content (AvgIpc) is 2.43. The number of aryl methyl sites for hydroxylation is 2. The highest BCUT2D eigenvalue weighted by Gasteiger charge is 2.10. The fourth-order valence-corrected chi connectivity index (χ4v) is 1.60. The number of rotatable bonds is 1. The van der Waals surface area contributed by atoms with Crippen LogP contribution >= 0.6 is 0 Å². The maximum Gasteiger partial charge on any atom is 0.195 e. The molecule has 3 heteroatoms. The van der Waals surface area contributed by atoms with Gasteiger partial charge >= 0.3 is 0 Å². The molecule has 72 valence electrons. The molecule has 0 unspecified atom stereocenters. The predicted molar refractivity (Wildman–Crippen MR) is 54.7 cm³/mol. The Kier molecular flexibility index (Phi) is 1.88. The van der Waals surface area contributed by atoms with Gasteiger partial charge in [0.1, 0.15) is 0 Å². The van der Waals surface area contributed by atoms with E-state index in [-0.39, 0.29) is 5.78 Å². The van der Waals surface area contributed by atoms with E-state index in [9.17, 15) is 4.79 Å². The molecular weight excluding hydrogens is 176 g/mol. The maximum atomic E-state index is 11.3. The number of aromatic nitrogens is 2. The first kappa shape index (κ1) is 8.94. The summed E-state index contributed by atoms with van der Waals surface area (Å²) in [4.78, 5) is 15.5. The molecule has 0 amide bonds. The van der Waals surface area contributed by atoms with Crippen LogP contribution in [0.5, 0.6) is 0 Å². The van der Waals surface area contributed by atoms with Crippen molar-refractivity contribution in [1.82, 2.24) is 9.38 Å². The van der Waals surface area contributed by atoms with Gasteiger partial charge in [0.2, 0.25) is 0 Å². The minimum atomic E-state index is -0.00120. The molecule has 2 rings (SSSR count). The molecule has 0 N–H and O–H groups in total. The van der Waals surface area contributed by atoms with Gasteiger partial charge in [0, 0.05) is 13.1 Å². The van der Waals surface area contributed by atoms with Crippen LogP contribution in [0.15, 0.2) is 18.3 Å². The lowest BCUT2D eigenvalue weighted by Crippen LogP contribution is -2.00. The first-order chi connectivity index (χ1) is 6.59. The number of ketones is 1. The van der Waals surface area contributed by atoms with Gasteiger partial charge < -0.3 is 0 Å². The van der Waals surface area contributed by atoms with Crippen LogP contribution < -0.4 is 0 Å². The Morgan fingerprint density at radius 2 is 2.07 bits per heavy atom. The number of nitrogens with zero attached hydrogens (tertiary/aromatic N) is 2. The van der Waals surface area contributed by atoms with Crippen LogP contribution in [0.1, 0.15) is 28.8 Å². The SMILES string of the molecule is CC(=O)c1nc(C)c2ccc(C)cn12. The lowest BCUT2D eigenvalue weighted by Gasteiger charge is -1.98. The topological polar surface area (TPSA) is 34.4 Å². The molecule has 2 heterocycles. The lowest BCUT2D eigenvalue weighted by atomic mass is 10.3. The fraction of sp³-hybridized carbons (Fsp3) is 0.273. The molecule has 0 aliphatic heterocycles. The van der Waals surface area contributed by atoms with Gasteiger partial charge in [-0.25, -0.2) is 4.98 Å². The molecule has 2 aromatic rings. The Morgan fingerprint density at radius 1 is 1.36 bits per heavy atom. The van der Waals surface area contributed by atoms with E-state index in [1.54, 1.807) is 0 Å². The van der Waals surface area contributed by atoms with Crippen molar-refractivity contribution >= 4 is 11.3 Å². The van der Waals surface area contributed by atoms with Crippen molar-refractivity contribution in [2.24, 2.45) is 0 Å². The van der Waals surface area contributed by atoms with E-state index in [1.807, 2.05) is 36.6 Å². The monoisotopic (exact) mass is 188 g/mol. The maximum absolute atomic E-state index is 11.3. The molecular formula is C11H12N2O. The lowest BCUT2D eigenvalue weighted by molar-refractivity contribution is 0.100. The van der Waals surface area contributed by atoms with Gasteiger partial charge in [0.25, 0.3) is 0 Å². The summed E-state index contributed by atoms with van der Waals surface area (Å²) in [5, 5.41) is 0. The first-order valence-corrected chi connectivity index (χ1v) is 4.56.